The maximum atomic E-state index is 13.4. The Kier molecular flexibility index (Phi) is 5.27. The number of hydrogen-bond donors (Lipinski definition) is 2. The number of hydrogen-bond acceptors (Lipinski definition) is 7. The first kappa shape index (κ1) is 20.4. The Morgan fingerprint density at radius 3 is 2.64 bits per heavy atom. The molecule has 0 bridgehead atoms. The number of benzene rings is 1. The largest absolute Gasteiger partial charge is 0.496 e. The molecule has 5 rings (SSSR count). The Hall–Kier alpha value is -4.53. The summed E-state index contributed by atoms with van der Waals surface area (Å²) in [5.41, 5.74) is 3.44. The predicted molar refractivity (Wildman–Crippen MR) is 124 cm³/mol. The molecular formula is C24H21N7O2. The van der Waals surface area contributed by atoms with Crippen LogP contribution in [0, 0.1) is 0 Å². The first-order chi connectivity index (χ1) is 16.2. The summed E-state index contributed by atoms with van der Waals surface area (Å²) in [6.07, 6.45) is 6.65. The molecule has 0 unspecified atom stereocenters. The van der Waals surface area contributed by atoms with Gasteiger partial charge in [0.05, 0.1) is 30.1 Å². The molecule has 1 aliphatic heterocycles. The van der Waals surface area contributed by atoms with Gasteiger partial charge in [-0.25, -0.2) is 4.68 Å². The molecule has 33 heavy (non-hydrogen) atoms. The number of nitrogens with zero attached hydrogens (tertiary/aromatic N) is 5. The third kappa shape index (κ3) is 3.80. The van der Waals surface area contributed by atoms with Gasteiger partial charge in [0, 0.05) is 24.3 Å². The molecular weight excluding hydrogens is 418 g/mol. The molecule has 2 N–H and O–H groups in total. The van der Waals surface area contributed by atoms with E-state index >= 15 is 0 Å². The summed E-state index contributed by atoms with van der Waals surface area (Å²) in [7, 11) is 1.61. The number of carbonyl (C=O) groups excluding carboxylic acids is 1. The van der Waals surface area contributed by atoms with Gasteiger partial charge in [0.2, 0.25) is 5.95 Å². The summed E-state index contributed by atoms with van der Waals surface area (Å²) in [5, 5.41) is 11.0. The van der Waals surface area contributed by atoms with Crippen molar-refractivity contribution in [1.82, 2.24) is 24.7 Å². The number of ether oxygens (including phenoxy) is 1. The Bertz CT molecular complexity index is 1330. The molecule has 4 heterocycles. The number of methoxy groups -OCH3 is 1. The van der Waals surface area contributed by atoms with Crippen molar-refractivity contribution < 1.29 is 9.53 Å². The lowest BCUT2D eigenvalue weighted by molar-refractivity contribution is -0.113. The molecule has 0 fully saturated rings. The lowest BCUT2D eigenvalue weighted by atomic mass is 9.96. The second-order valence-corrected chi connectivity index (χ2v) is 7.45. The zero-order valence-electron chi connectivity index (χ0n) is 18.1. The first-order valence-corrected chi connectivity index (χ1v) is 10.3. The van der Waals surface area contributed by atoms with Crippen molar-refractivity contribution in [3.63, 3.8) is 0 Å². The number of fused-ring (bicyclic) bond motifs is 1. The molecule has 4 aromatic rings. The van der Waals surface area contributed by atoms with Crippen LogP contribution in [0.15, 0.2) is 84.6 Å². The average molecular weight is 439 g/mol. The van der Waals surface area contributed by atoms with Crippen molar-refractivity contribution in [3.8, 4) is 17.1 Å². The highest BCUT2D eigenvalue weighted by molar-refractivity contribution is 6.05. The molecule has 0 saturated heterocycles. The highest BCUT2D eigenvalue weighted by Gasteiger charge is 2.34. The minimum atomic E-state index is -0.503. The van der Waals surface area contributed by atoms with E-state index in [-0.39, 0.29) is 5.91 Å². The van der Waals surface area contributed by atoms with Gasteiger partial charge in [-0.05, 0) is 48.9 Å². The number of anilines is 2. The number of aromatic nitrogens is 5. The van der Waals surface area contributed by atoms with Gasteiger partial charge in [-0.1, -0.05) is 12.1 Å². The van der Waals surface area contributed by atoms with Crippen molar-refractivity contribution in [3.05, 3.63) is 90.2 Å². The van der Waals surface area contributed by atoms with Gasteiger partial charge in [-0.2, -0.15) is 4.98 Å². The predicted octanol–water partition coefficient (Wildman–Crippen LogP) is 3.67. The quantitative estimate of drug-likeness (QED) is 0.489. The number of carbonyl (C=O) groups is 1. The van der Waals surface area contributed by atoms with Crippen LogP contribution in [-0.4, -0.2) is 37.7 Å². The lowest BCUT2D eigenvalue weighted by Crippen LogP contribution is -2.31. The zero-order chi connectivity index (χ0) is 22.8. The molecule has 9 nitrogen and oxygen atoms in total. The molecule has 0 spiro atoms. The van der Waals surface area contributed by atoms with E-state index in [9.17, 15) is 4.79 Å². The van der Waals surface area contributed by atoms with Gasteiger partial charge >= 0.3 is 0 Å². The van der Waals surface area contributed by atoms with Crippen molar-refractivity contribution in [2.45, 2.75) is 13.0 Å². The van der Waals surface area contributed by atoms with E-state index in [0.717, 1.165) is 11.1 Å². The fraction of sp³-hybridized carbons (Fsp3) is 0.125. The van der Waals surface area contributed by atoms with Crippen LogP contribution in [0.25, 0.3) is 11.4 Å². The standard InChI is InChI=1S/C24H21N7O2/c1-15-20(23(32)28-17-6-5-11-26-14-17)21(16-9-12-25-13-10-16)31-24(27-15)29-22(30-31)18-7-3-4-8-19(18)33-2/h3-14,21H,1-2H3,(H,28,32)(H,27,29,30)/t21-/m0/s1. The molecule has 1 amide bonds. The van der Waals surface area contributed by atoms with Crippen molar-refractivity contribution in [1.29, 1.82) is 0 Å². The van der Waals surface area contributed by atoms with E-state index in [1.54, 1.807) is 48.7 Å². The molecule has 0 saturated carbocycles. The zero-order valence-corrected chi connectivity index (χ0v) is 18.1. The third-order valence-electron chi connectivity index (χ3n) is 5.39. The fourth-order valence-electron chi connectivity index (χ4n) is 3.88. The van der Waals surface area contributed by atoms with Gasteiger partial charge in [0.1, 0.15) is 11.8 Å². The smallest absolute Gasteiger partial charge is 0.255 e. The summed E-state index contributed by atoms with van der Waals surface area (Å²) in [6, 6.07) is 14.4. The van der Waals surface area contributed by atoms with E-state index in [1.807, 2.05) is 43.3 Å². The van der Waals surface area contributed by atoms with Crippen LogP contribution in [0.3, 0.4) is 0 Å². The van der Waals surface area contributed by atoms with Crippen LogP contribution in [0.2, 0.25) is 0 Å². The Morgan fingerprint density at radius 2 is 1.88 bits per heavy atom. The summed E-state index contributed by atoms with van der Waals surface area (Å²) in [4.78, 5) is 26.3. The van der Waals surface area contributed by atoms with Crippen LogP contribution in [0.1, 0.15) is 18.5 Å². The number of allylic oxidation sites excluding steroid dienone is 1. The van der Waals surface area contributed by atoms with Gasteiger partial charge in [0.15, 0.2) is 5.82 Å². The van der Waals surface area contributed by atoms with Crippen LogP contribution < -0.4 is 15.4 Å². The van der Waals surface area contributed by atoms with Crippen LogP contribution in [0.4, 0.5) is 11.6 Å². The minimum absolute atomic E-state index is 0.255. The highest BCUT2D eigenvalue weighted by Crippen LogP contribution is 2.37. The molecule has 1 atom stereocenters. The number of rotatable bonds is 5. The fourth-order valence-corrected chi connectivity index (χ4v) is 3.88. The lowest BCUT2D eigenvalue weighted by Gasteiger charge is -2.28. The molecule has 0 radical (unpaired) electrons. The summed E-state index contributed by atoms with van der Waals surface area (Å²) in [6.45, 7) is 1.85. The van der Waals surface area contributed by atoms with Gasteiger partial charge in [-0.3, -0.25) is 14.8 Å². The summed E-state index contributed by atoms with van der Waals surface area (Å²) >= 11 is 0. The Morgan fingerprint density at radius 1 is 1.06 bits per heavy atom. The molecule has 9 heteroatoms. The van der Waals surface area contributed by atoms with Crippen molar-refractivity contribution in [2.75, 3.05) is 17.7 Å². The van der Waals surface area contributed by atoms with Crippen molar-refractivity contribution in [2.24, 2.45) is 0 Å². The summed E-state index contributed by atoms with van der Waals surface area (Å²) in [5.74, 6) is 1.44. The number of pyridine rings is 2. The monoisotopic (exact) mass is 439 g/mol. The van der Waals surface area contributed by atoms with Gasteiger partial charge in [0.25, 0.3) is 5.91 Å². The molecule has 164 valence electrons. The van der Waals surface area contributed by atoms with E-state index in [2.05, 4.69) is 20.6 Å². The molecule has 0 aliphatic carbocycles. The first-order valence-electron chi connectivity index (χ1n) is 10.3. The molecule has 3 aromatic heterocycles. The number of para-hydroxylation sites is 1. The Labute approximate surface area is 190 Å². The van der Waals surface area contributed by atoms with E-state index in [4.69, 9.17) is 14.8 Å². The van der Waals surface area contributed by atoms with Gasteiger partial charge < -0.3 is 15.4 Å². The van der Waals surface area contributed by atoms with Crippen LogP contribution in [0.5, 0.6) is 5.75 Å². The maximum absolute atomic E-state index is 13.4. The maximum Gasteiger partial charge on any atom is 0.255 e. The summed E-state index contributed by atoms with van der Waals surface area (Å²) < 4.78 is 7.22. The van der Waals surface area contributed by atoms with Crippen LogP contribution in [-0.2, 0) is 4.79 Å². The third-order valence-corrected chi connectivity index (χ3v) is 5.39. The minimum Gasteiger partial charge on any atom is -0.496 e. The molecule has 1 aromatic carbocycles. The second kappa shape index (κ2) is 8.54. The molecule has 1 aliphatic rings. The Balaban J connectivity index is 1.61. The van der Waals surface area contributed by atoms with E-state index < -0.39 is 6.04 Å². The van der Waals surface area contributed by atoms with Crippen LogP contribution >= 0.6 is 0 Å². The van der Waals surface area contributed by atoms with Crippen molar-refractivity contribution >= 4 is 17.5 Å². The topological polar surface area (TPSA) is 107 Å². The number of nitrogens with one attached hydrogen (secondary N) is 2. The number of amides is 1. The highest BCUT2D eigenvalue weighted by atomic mass is 16.5. The van der Waals surface area contributed by atoms with Gasteiger partial charge in [-0.15, -0.1) is 5.10 Å². The SMILES string of the molecule is COc1ccccc1-c1nc2n(n1)[C@@H](c1ccncc1)C(C(=O)Nc1cccnc1)=C(C)N2. The van der Waals surface area contributed by atoms with E-state index in [1.165, 1.54) is 0 Å². The van der Waals surface area contributed by atoms with E-state index in [0.29, 0.717) is 34.5 Å². The normalized spacial score (nSPS) is 14.9. The average Bonchev–Trinajstić information content (AvgIpc) is 3.27. The second-order valence-electron chi connectivity index (χ2n) is 7.45.